The lowest BCUT2D eigenvalue weighted by atomic mass is 9.90. The number of hydrogen-bond acceptors (Lipinski definition) is 0. The Morgan fingerprint density at radius 1 is 0.914 bits per heavy atom. The Kier molecular flexibility index (Phi) is 6.94. The largest absolute Gasteiger partial charge is 0.354 e. The van der Waals surface area contributed by atoms with Gasteiger partial charge >= 0.3 is 0 Å². The monoisotopic (exact) mass is 543 g/mol. The lowest BCUT2D eigenvalue weighted by Crippen LogP contribution is -2.21. The Hall–Kier alpha value is -1.97. The number of halogens is 4. The number of H-pyrrole nitrogens is 1. The number of fused-ring (bicyclic) bond motifs is 2. The molecule has 2 nitrogen and oxygen atoms in total. The van der Waals surface area contributed by atoms with Gasteiger partial charge in [0, 0.05) is 44.6 Å². The Bertz CT molecular complexity index is 1440. The van der Waals surface area contributed by atoms with Crippen LogP contribution in [0.3, 0.4) is 0 Å². The van der Waals surface area contributed by atoms with Crippen molar-refractivity contribution in [1.82, 2.24) is 4.98 Å². The maximum absolute atomic E-state index is 6.41. The van der Waals surface area contributed by atoms with Crippen molar-refractivity contribution in [3.63, 3.8) is 0 Å². The number of aryl methyl sites for hydroxylation is 2. The Balaban J connectivity index is 1.66. The zero-order valence-electron chi connectivity index (χ0n) is 19.8. The van der Waals surface area contributed by atoms with Crippen LogP contribution in [-0.2, 0) is 12.8 Å². The van der Waals surface area contributed by atoms with Gasteiger partial charge in [-0.2, -0.15) is 4.58 Å². The first-order chi connectivity index (χ1) is 16.7. The quantitative estimate of drug-likeness (QED) is 0.184. The van der Waals surface area contributed by atoms with Gasteiger partial charge in [0.1, 0.15) is 11.4 Å². The van der Waals surface area contributed by atoms with E-state index in [1.807, 2.05) is 25.1 Å². The molecule has 6 heteroatoms. The first-order valence-electron chi connectivity index (χ1n) is 11.9. The molecule has 0 unspecified atom stereocenters. The minimum absolute atomic E-state index is 0.710. The molecule has 1 aliphatic heterocycles. The van der Waals surface area contributed by atoms with E-state index in [1.165, 1.54) is 33.7 Å². The van der Waals surface area contributed by atoms with Crippen LogP contribution in [-0.4, -0.2) is 26.7 Å². The van der Waals surface area contributed by atoms with Gasteiger partial charge < -0.3 is 4.98 Å². The number of hydrogen-bond donors (Lipinski definition) is 1. The second-order valence-corrected chi connectivity index (χ2v) is 12.2. The van der Waals surface area contributed by atoms with Crippen LogP contribution in [0.2, 0.25) is 10.0 Å². The summed E-state index contributed by atoms with van der Waals surface area (Å²) in [5.41, 5.74) is 9.63. The van der Waals surface area contributed by atoms with E-state index in [2.05, 4.69) is 59.1 Å². The van der Waals surface area contributed by atoms with E-state index in [1.54, 1.807) is 0 Å². The van der Waals surface area contributed by atoms with Crippen molar-refractivity contribution in [1.29, 1.82) is 0 Å². The first-order valence-corrected chi connectivity index (χ1v) is 13.4. The molecular formula is C29H27Cl4N2+. The predicted octanol–water partition coefficient (Wildman–Crippen LogP) is 9.37. The highest BCUT2D eigenvalue weighted by atomic mass is 35.5. The normalized spacial score (nSPS) is 14.0. The molecule has 0 amide bonds. The zero-order valence-corrected chi connectivity index (χ0v) is 22.8. The predicted molar refractivity (Wildman–Crippen MR) is 152 cm³/mol. The number of alkyl halides is 2. The minimum Gasteiger partial charge on any atom is -0.354 e. The molecule has 1 aromatic heterocycles. The average Bonchev–Trinajstić information content (AvgIpc) is 3.16. The highest BCUT2D eigenvalue weighted by molar-refractivity contribution is 6.48. The minimum atomic E-state index is -0.739. The third-order valence-electron chi connectivity index (χ3n) is 6.86. The van der Waals surface area contributed by atoms with E-state index >= 15 is 0 Å². The summed E-state index contributed by atoms with van der Waals surface area (Å²) in [7, 11) is 2.13. The molecule has 0 aliphatic carbocycles. The first kappa shape index (κ1) is 24.7. The van der Waals surface area contributed by atoms with Gasteiger partial charge in [0.25, 0.3) is 0 Å². The van der Waals surface area contributed by atoms with Gasteiger partial charge in [0.2, 0.25) is 5.69 Å². The van der Waals surface area contributed by atoms with Crippen LogP contribution in [0.1, 0.15) is 42.9 Å². The Morgan fingerprint density at radius 3 is 2.40 bits per heavy atom. The Labute approximate surface area is 226 Å². The maximum Gasteiger partial charge on any atom is 0.209 e. The highest BCUT2D eigenvalue weighted by Crippen LogP contribution is 2.38. The molecular weight excluding hydrogens is 518 g/mol. The van der Waals surface area contributed by atoms with E-state index < -0.39 is 4.33 Å². The van der Waals surface area contributed by atoms with Gasteiger partial charge in [-0.05, 0) is 68.5 Å². The summed E-state index contributed by atoms with van der Waals surface area (Å²) in [5.74, 6) is 0. The van der Waals surface area contributed by atoms with Crippen LogP contribution in [0.25, 0.3) is 22.2 Å². The number of nitrogens with one attached hydrogen (secondary N) is 1. The van der Waals surface area contributed by atoms with Gasteiger partial charge in [-0.15, -0.1) is 23.2 Å². The molecule has 0 radical (unpaired) electrons. The van der Waals surface area contributed by atoms with Crippen molar-refractivity contribution in [3.8, 4) is 11.3 Å². The highest BCUT2D eigenvalue weighted by Gasteiger charge is 2.28. The number of aromatic amines is 1. The molecule has 0 saturated carbocycles. The Morgan fingerprint density at radius 2 is 1.63 bits per heavy atom. The second-order valence-electron chi connectivity index (χ2n) is 9.42. The van der Waals surface area contributed by atoms with Crippen LogP contribution < -0.4 is 0 Å². The molecule has 2 heterocycles. The smallest absolute Gasteiger partial charge is 0.209 e. The number of benzene rings is 3. The molecule has 5 rings (SSSR count). The van der Waals surface area contributed by atoms with Gasteiger partial charge in [-0.1, -0.05) is 47.5 Å². The van der Waals surface area contributed by atoms with E-state index in [-0.39, 0.29) is 0 Å². The molecule has 35 heavy (non-hydrogen) atoms. The van der Waals surface area contributed by atoms with E-state index in [4.69, 9.17) is 46.4 Å². The topological polar surface area (TPSA) is 18.8 Å². The molecule has 0 atom stereocenters. The molecule has 0 fully saturated rings. The molecule has 1 N–H and O–H groups in total. The number of rotatable bonds is 6. The zero-order chi connectivity index (χ0) is 24.7. The molecule has 0 bridgehead atoms. The van der Waals surface area contributed by atoms with Gasteiger partial charge in [-0.3, -0.25) is 0 Å². The molecule has 0 saturated heterocycles. The van der Waals surface area contributed by atoms with Crippen molar-refractivity contribution in [2.24, 2.45) is 0 Å². The number of nitrogens with zero attached hydrogens (tertiary/aromatic N) is 1. The van der Waals surface area contributed by atoms with Crippen molar-refractivity contribution in [3.05, 3.63) is 87.4 Å². The summed E-state index contributed by atoms with van der Waals surface area (Å²) in [6, 6.07) is 20.8. The van der Waals surface area contributed by atoms with Gasteiger partial charge in [0.15, 0.2) is 5.71 Å². The van der Waals surface area contributed by atoms with Crippen LogP contribution in [0.4, 0.5) is 5.69 Å². The second kappa shape index (κ2) is 9.82. The van der Waals surface area contributed by atoms with Gasteiger partial charge in [-0.25, -0.2) is 0 Å². The maximum atomic E-state index is 6.41. The summed E-state index contributed by atoms with van der Waals surface area (Å²) in [4.78, 5) is 3.70. The van der Waals surface area contributed by atoms with Crippen LogP contribution in [0.15, 0.2) is 60.7 Å². The van der Waals surface area contributed by atoms with Crippen LogP contribution >= 0.6 is 46.4 Å². The van der Waals surface area contributed by atoms with Crippen molar-refractivity contribution in [2.45, 2.75) is 43.4 Å². The lowest BCUT2D eigenvalue weighted by Gasteiger charge is -2.18. The molecule has 1 aliphatic rings. The molecule has 4 aromatic rings. The standard InChI is InChI=1S/C29H26Cl4N2/c1-29(32,33)15-5-8-23-24-16-19(30)12-13-25(24)34-28(23)22-7-4-3-6-21(22)26-14-10-18-9-11-20(31)17-27(18)35(26)2/h3-4,6-7,9,11-13,16-17H,5,8,10,14-15H2,1-2H3/p+1. The third kappa shape index (κ3) is 5.13. The van der Waals surface area contributed by atoms with Crippen molar-refractivity contribution in [2.75, 3.05) is 7.05 Å². The third-order valence-corrected chi connectivity index (χ3v) is 7.71. The fraction of sp³-hybridized carbons (Fsp3) is 0.276. The van der Waals surface area contributed by atoms with Crippen LogP contribution in [0, 0.1) is 0 Å². The lowest BCUT2D eigenvalue weighted by molar-refractivity contribution is -0.408. The number of aromatic nitrogens is 1. The van der Waals surface area contributed by atoms with E-state index in [9.17, 15) is 0 Å². The summed E-state index contributed by atoms with van der Waals surface area (Å²) in [5, 5.41) is 2.63. The van der Waals surface area contributed by atoms with Crippen molar-refractivity contribution < 1.29 is 4.58 Å². The summed E-state index contributed by atoms with van der Waals surface area (Å²) >= 11 is 25.3. The fourth-order valence-corrected chi connectivity index (χ4v) is 5.79. The van der Waals surface area contributed by atoms with Gasteiger partial charge in [0.05, 0.1) is 11.3 Å². The molecule has 0 spiro atoms. The molecule has 180 valence electrons. The van der Waals surface area contributed by atoms with E-state index in [0.29, 0.717) is 6.42 Å². The summed E-state index contributed by atoms with van der Waals surface area (Å²) < 4.78 is 1.55. The fourth-order valence-electron chi connectivity index (χ4n) is 5.18. The average molecular weight is 545 g/mol. The summed E-state index contributed by atoms with van der Waals surface area (Å²) in [6.07, 6.45) is 4.38. The van der Waals surface area contributed by atoms with Crippen molar-refractivity contribution >= 4 is 68.7 Å². The SMILES string of the molecule is C[N+]1=C(c2ccccc2-c2[nH]c3ccc(Cl)cc3c2CCCC(C)(Cl)Cl)CCc2ccc(Cl)cc21. The van der Waals surface area contributed by atoms with Crippen LogP contribution in [0.5, 0.6) is 0 Å². The molecule has 3 aromatic carbocycles. The van der Waals surface area contributed by atoms with E-state index in [0.717, 1.165) is 52.3 Å². The summed E-state index contributed by atoms with van der Waals surface area (Å²) in [6.45, 7) is 1.85.